The molecule has 1 aliphatic heterocycles. The molecule has 0 spiro atoms. The average molecular weight is 409 g/mol. The van der Waals surface area contributed by atoms with Crippen LogP contribution in [0.5, 0.6) is 0 Å². The topological polar surface area (TPSA) is 113 Å². The van der Waals surface area contributed by atoms with Crippen molar-refractivity contribution >= 4 is 35.4 Å². The standard InChI is InChI=1S/C21H19N3O6/c1-2-30-20(28)15-8-10-16(11-9-15)22-17(25)13-24-19(27)18(26)23(21(24)29)12-14-6-4-3-5-7-14/h3-11H,2,12-13H2,1H3,(H,22,25). The number of hydrogen-bond acceptors (Lipinski definition) is 6. The molecule has 0 saturated carbocycles. The maximum atomic E-state index is 12.5. The Morgan fingerprint density at radius 1 is 0.900 bits per heavy atom. The van der Waals surface area contributed by atoms with Crippen LogP contribution >= 0.6 is 0 Å². The minimum atomic E-state index is -1.05. The molecule has 0 aliphatic carbocycles. The van der Waals surface area contributed by atoms with E-state index in [2.05, 4.69) is 5.32 Å². The van der Waals surface area contributed by atoms with E-state index in [9.17, 15) is 24.0 Å². The van der Waals surface area contributed by atoms with E-state index in [-0.39, 0.29) is 13.2 Å². The Labute approximate surface area is 172 Å². The molecule has 1 aliphatic rings. The van der Waals surface area contributed by atoms with Crippen LogP contribution in [-0.2, 0) is 25.7 Å². The Morgan fingerprint density at radius 2 is 1.53 bits per heavy atom. The normalized spacial score (nSPS) is 13.6. The molecule has 0 atom stereocenters. The van der Waals surface area contributed by atoms with E-state index in [1.54, 1.807) is 37.3 Å². The second-order valence-corrected chi connectivity index (χ2v) is 6.40. The summed E-state index contributed by atoms with van der Waals surface area (Å²) in [6.45, 7) is 1.28. The highest BCUT2D eigenvalue weighted by Crippen LogP contribution is 2.16. The fourth-order valence-electron chi connectivity index (χ4n) is 2.84. The van der Waals surface area contributed by atoms with Crippen molar-refractivity contribution in [2.45, 2.75) is 13.5 Å². The largest absolute Gasteiger partial charge is 0.462 e. The molecular formula is C21H19N3O6. The van der Waals surface area contributed by atoms with Gasteiger partial charge in [-0.3, -0.25) is 19.3 Å². The van der Waals surface area contributed by atoms with Gasteiger partial charge in [-0.1, -0.05) is 30.3 Å². The van der Waals surface area contributed by atoms with Gasteiger partial charge in [-0.15, -0.1) is 0 Å². The maximum Gasteiger partial charge on any atom is 0.338 e. The van der Waals surface area contributed by atoms with Crippen molar-refractivity contribution in [2.24, 2.45) is 0 Å². The molecule has 0 radical (unpaired) electrons. The molecule has 1 fully saturated rings. The van der Waals surface area contributed by atoms with Gasteiger partial charge >= 0.3 is 23.8 Å². The average Bonchev–Trinajstić information content (AvgIpc) is 2.93. The highest BCUT2D eigenvalue weighted by atomic mass is 16.5. The van der Waals surface area contributed by atoms with Gasteiger partial charge in [0, 0.05) is 5.69 Å². The van der Waals surface area contributed by atoms with Gasteiger partial charge in [-0.2, -0.15) is 0 Å². The van der Waals surface area contributed by atoms with Crippen LogP contribution < -0.4 is 5.32 Å². The first-order valence-electron chi connectivity index (χ1n) is 9.19. The zero-order valence-corrected chi connectivity index (χ0v) is 16.2. The quantitative estimate of drug-likeness (QED) is 0.424. The molecule has 5 amide bonds. The number of carbonyl (C=O) groups excluding carboxylic acids is 5. The SMILES string of the molecule is CCOC(=O)c1ccc(NC(=O)CN2C(=O)C(=O)N(Cc3ccccc3)C2=O)cc1. The van der Waals surface area contributed by atoms with E-state index < -0.39 is 36.3 Å². The molecule has 9 nitrogen and oxygen atoms in total. The summed E-state index contributed by atoms with van der Waals surface area (Å²) in [5, 5.41) is 2.52. The minimum absolute atomic E-state index is 0.0578. The monoisotopic (exact) mass is 409 g/mol. The van der Waals surface area contributed by atoms with Gasteiger partial charge in [0.2, 0.25) is 5.91 Å². The first-order valence-corrected chi connectivity index (χ1v) is 9.19. The molecular weight excluding hydrogens is 390 g/mol. The van der Waals surface area contributed by atoms with Gasteiger partial charge < -0.3 is 10.1 Å². The lowest BCUT2D eigenvalue weighted by molar-refractivity contribution is -0.143. The summed E-state index contributed by atoms with van der Waals surface area (Å²) in [7, 11) is 0. The Bertz CT molecular complexity index is 988. The fraction of sp³-hybridized carbons (Fsp3) is 0.190. The molecule has 0 aromatic heterocycles. The minimum Gasteiger partial charge on any atom is -0.462 e. The predicted molar refractivity (Wildman–Crippen MR) is 105 cm³/mol. The van der Waals surface area contributed by atoms with Crippen LogP contribution in [0.3, 0.4) is 0 Å². The second-order valence-electron chi connectivity index (χ2n) is 6.40. The summed E-state index contributed by atoms with van der Waals surface area (Å²) >= 11 is 0. The highest BCUT2D eigenvalue weighted by Gasteiger charge is 2.45. The summed E-state index contributed by atoms with van der Waals surface area (Å²) in [5.74, 6) is -3.17. The van der Waals surface area contributed by atoms with E-state index in [1.165, 1.54) is 24.3 Å². The number of nitrogens with one attached hydrogen (secondary N) is 1. The first kappa shape index (κ1) is 20.7. The van der Waals surface area contributed by atoms with E-state index >= 15 is 0 Å². The lowest BCUT2D eigenvalue weighted by atomic mass is 10.2. The van der Waals surface area contributed by atoms with Gasteiger partial charge in [-0.05, 0) is 36.8 Å². The molecule has 1 heterocycles. The number of nitrogens with zero attached hydrogens (tertiary/aromatic N) is 2. The molecule has 2 aromatic carbocycles. The van der Waals surface area contributed by atoms with E-state index in [0.717, 1.165) is 4.90 Å². The van der Waals surface area contributed by atoms with Crippen LogP contribution in [0.25, 0.3) is 0 Å². The number of anilines is 1. The van der Waals surface area contributed by atoms with E-state index in [4.69, 9.17) is 4.74 Å². The number of esters is 1. The van der Waals surface area contributed by atoms with Crippen LogP contribution in [-0.4, -0.2) is 52.7 Å². The molecule has 3 rings (SSSR count). The Hall–Kier alpha value is -4.01. The first-order chi connectivity index (χ1) is 14.4. The number of benzene rings is 2. The Balaban J connectivity index is 1.62. The van der Waals surface area contributed by atoms with Crippen molar-refractivity contribution in [1.82, 2.24) is 9.80 Å². The van der Waals surface area contributed by atoms with Crippen molar-refractivity contribution in [3.63, 3.8) is 0 Å². The number of hydrogen-bond donors (Lipinski definition) is 1. The van der Waals surface area contributed by atoms with Crippen LogP contribution in [0.15, 0.2) is 54.6 Å². The zero-order valence-electron chi connectivity index (χ0n) is 16.2. The van der Waals surface area contributed by atoms with Crippen LogP contribution in [0.1, 0.15) is 22.8 Å². The summed E-state index contributed by atoms with van der Waals surface area (Å²) in [6, 6.07) is 13.8. The van der Waals surface area contributed by atoms with Crippen molar-refractivity contribution in [2.75, 3.05) is 18.5 Å². The number of imide groups is 2. The Kier molecular flexibility index (Phi) is 6.21. The molecule has 154 valence electrons. The highest BCUT2D eigenvalue weighted by molar-refractivity contribution is 6.45. The molecule has 2 aromatic rings. The third kappa shape index (κ3) is 4.52. The third-order valence-electron chi connectivity index (χ3n) is 4.30. The summed E-state index contributed by atoms with van der Waals surface area (Å²) in [6.07, 6.45) is 0. The van der Waals surface area contributed by atoms with Crippen molar-refractivity contribution in [3.8, 4) is 0 Å². The molecule has 1 saturated heterocycles. The third-order valence-corrected chi connectivity index (χ3v) is 4.30. The van der Waals surface area contributed by atoms with Crippen LogP contribution in [0.2, 0.25) is 0 Å². The van der Waals surface area contributed by atoms with Crippen molar-refractivity contribution in [3.05, 3.63) is 65.7 Å². The summed E-state index contributed by atoms with van der Waals surface area (Å²) in [5.41, 5.74) is 1.36. The molecule has 0 bridgehead atoms. The van der Waals surface area contributed by atoms with Crippen molar-refractivity contribution in [1.29, 1.82) is 0 Å². The van der Waals surface area contributed by atoms with Crippen LogP contribution in [0, 0.1) is 0 Å². The van der Waals surface area contributed by atoms with Gasteiger partial charge in [0.05, 0.1) is 18.7 Å². The van der Waals surface area contributed by atoms with Crippen molar-refractivity contribution < 1.29 is 28.7 Å². The van der Waals surface area contributed by atoms with E-state index in [1.807, 2.05) is 0 Å². The lowest BCUT2D eigenvalue weighted by Crippen LogP contribution is -2.38. The maximum absolute atomic E-state index is 12.5. The zero-order chi connectivity index (χ0) is 21.7. The molecule has 9 heteroatoms. The molecule has 1 N–H and O–H groups in total. The summed E-state index contributed by atoms with van der Waals surface area (Å²) < 4.78 is 4.88. The van der Waals surface area contributed by atoms with Crippen LogP contribution in [0.4, 0.5) is 10.5 Å². The van der Waals surface area contributed by atoms with Gasteiger partial charge in [-0.25, -0.2) is 14.5 Å². The second kappa shape index (κ2) is 8.99. The number of amides is 5. The Morgan fingerprint density at radius 3 is 2.17 bits per heavy atom. The van der Waals surface area contributed by atoms with Gasteiger partial charge in [0.1, 0.15) is 6.54 Å². The summed E-state index contributed by atoms with van der Waals surface area (Å²) in [4.78, 5) is 62.1. The molecule has 0 unspecified atom stereocenters. The number of rotatable bonds is 7. The smallest absolute Gasteiger partial charge is 0.338 e. The predicted octanol–water partition coefficient (Wildman–Crippen LogP) is 1.79. The van der Waals surface area contributed by atoms with Gasteiger partial charge in [0.25, 0.3) is 0 Å². The molecule has 30 heavy (non-hydrogen) atoms. The number of urea groups is 1. The lowest BCUT2D eigenvalue weighted by Gasteiger charge is -2.15. The van der Waals surface area contributed by atoms with Gasteiger partial charge in [0.15, 0.2) is 0 Å². The number of carbonyl (C=O) groups is 5. The van der Waals surface area contributed by atoms with E-state index in [0.29, 0.717) is 21.7 Å². The number of ether oxygens (including phenoxy) is 1. The fourth-order valence-corrected chi connectivity index (χ4v) is 2.84.